The van der Waals surface area contributed by atoms with Gasteiger partial charge < -0.3 is 14.6 Å². The number of rotatable bonds is 6. The summed E-state index contributed by atoms with van der Waals surface area (Å²) in [5.41, 5.74) is 4.97. The van der Waals surface area contributed by atoms with Crippen molar-refractivity contribution in [2.24, 2.45) is 0 Å². The van der Waals surface area contributed by atoms with Crippen molar-refractivity contribution in [1.82, 2.24) is 24.9 Å². The van der Waals surface area contributed by atoms with Gasteiger partial charge in [0.05, 0.1) is 12.2 Å². The summed E-state index contributed by atoms with van der Waals surface area (Å²) in [5.74, 6) is 1.12. The van der Waals surface area contributed by atoms with Crippen LogP contribution in [-0.4, -0.2) is 71.8 Å². The molecule has 2 aromatic heterocycles. The smallest absolute Gasteiger partial charge is 0.287 e. The fraction of sp³-hybridized carbons (Fsp3) is 0.440. The second-order valence-corrected chi connectivity index (χ2v) is 9.45. The first kappa shape index (κ1) is 22.2. The van der Waals surface area contributed by atoms with Gasteiger partial charge in [0.1, 0.15) is 5.76 Å². The van der Waals surface area contributed by atoms with Gasteiger partial charge in [-0.3, -0.25) is 14.4 Å². The van der Waals surface area contributed by atoms with Gasteiger partial charge in [-0.25, -0.2) is 0 Å². The molecule has 1 N–H and O–H groups in total. The van der Waals surface area contributed by atoms with Crippen molar-refractivity contribution in [2.45, 2.75) is 26.3 Å². The Labute approximate surface area is 199 Å². The van der Waals surface area contributed by atoms with E-state index in [1.54, 1.807) is 0 Å². The first-order chi connectivity index (χ1) is 16.0. The van der Waals surface area contributed by atoms with E-state index >= 15 is 0 Å². The highest BCUT2D eigenvalue weighted by Gasteiger charge is 2.29. The molecule has 0 saturated carbocycles. The number of aromatic nitrogens is 2. The van der Waals surface area contributed by atoms with Gasteiger partial charge >= 0.3 is 0 Å². The first-order valence-corrected chi connectivity index (χ1v) is 12.0. The summed E-state index contributed by atoms with van der Waals surface area (Å²) in [6, 6.07) is 7.83. The quantitative estimate of drug-likeness (QED) is 0.603. The number of furan rings is 1. The molecule has 1 saturated heterocycles. The van der Waals surface area contributed by atoms with Crippen LogP contribution >= 0.6 is 11.6 Å². The summed E-state index contributed by atoms with van der Waals surface area (Å²) >= 11 is 6.34. The van der Waals surface area contributed by atoms with Gasteiger partial charge in [0.25, 0.3) is 5.91 Å². The molecule has 174 valence electrons. The highest BCUT2D eigenvalue weighted by atomic mass is 35.5. The molecule has 1 aliphatic heterocycles. The van der Waals surface area contributed by atoms with Crippen molar-refractivity contribution >= 4 is 17.5 Å². The van der Waals surface area contributed by atoms with Gasteiger partial charge in [0, 0.05) is 68.0 Å². The lowest BCUT2D eigenvalue weighted by Gasteiger charge is -2.32. The zero-order valence-electron chi connectivity index (χ0n) is 19.2. The number of benzene rings is 1. The van der Waals surface area contributed by atoms with E-state index in [0.29, 0.717) is 18.8 Å². The third kappa shape index (κ3) is 4.58. The molecule has 0 bridgehead atoms. The van der Waals surface area contributed by atoms with Gasteiger partial charge in [-0.15, -0.1) is 0 Å². The van der Waals surface area contributed by atoms with Crippen molar-refractivity contribution in [2.75, 3.05) is 46.3 Å². The predicted octanol–water partition coefficient (Wildman–Crippen LogP) is 3.23. The third-order valence-corrected chi connectivity index (χ3v) is 7.09. The zero-order chi connectivity index (χ0) is 22.9. The standard InChI is InChI=1S/C25H30ClN5O2/c1-17-22-21(33-24(17)25(32)27-9-10-30-13-11-29(2)12-14-30)8-7-19-16-31(28-23(19)22)15-18-5-3-4-6-20(18)26/h3-6,16H,7-15H2,1-2H3,(H,27,32). The number of hydrogen-bond acceptors (Lipinski definition) is 5. The second kappa shape index (κ2) is 9.33. The molecule has 8 heteroatoms. The van der Waals surface area contributed by atoms with E-state index in [1.165, 1.54) is 5.56 Å². The molecular formula is C25H30ClN5O2. The Morgan fingerprint density at radius 3 is 2.76 bits per heavy atom. The van der Waals surface area contributed by atoms with Crippen molar-refractivity contribution in [3.05, 3.63) is 63.7 Å². The molecule has 5 rings (SSSR count). The molecular weight excluding hydrogens is 438 g/mol. The Hall–Kier alpha value is -2.61. The number of carbonyl (C=O) groups excluding carboxylic acids is 1. The minimum absolute atomic E-state index is 0.145. The van der Waals surface area contributed by atoms with Crippen LogP contribution in [0.3, 0.4) is 0 Å². The SMILES string of the molecule is Cc1c(C(=O)NCCN2CCN(C)CC2)oc2c1-c1nn(Cc3ccccc3Cl)cc1CC2. The molecule has 3 aromatic rings. The topological polar surface area (TPSA) is 66.5 Å². The van der Waals surface area contributed by atoms with Crippen LogP contribution in [0.1, 0.15) is 33.0 Å². The Bertz CT molecular complexity index is 1160. The summed E-state index contributed by atoms with van der Waals surface area (Å²) in [7, 11) is 2.14. The lowest BCUT2D eigenvalue weighted by Crippen LogP contribution is -2.46. The minimum Gasteiger partial charge on any atom is -0.455 e. The average molecular weight is 468 g/mol. The average Bonchev–Trinajstić information content (AvgIpc) is 3.37. The molecule has 7 nitrogen and oxygen atoms in total. The lowest BCUT2D eigenvalue weighted by molar-refractivity contribution is 0.0911. The molecule has 1 amide bonds. The number of piperazine rings is 1. The van der Waals surface area contributed by atoms with Gasteiger partial charge in [0.2, 0.25) is 0 Å². The van der Waals surface area contributed by atoms with E-state index in [-0.39, 0.29) is 5.91 Å². The van der Waals surface area contributed by atoms with Gasteiger partial charge in [0.15, 0.2) is 5.76 Å². The fourth-order valence-corrected chi connectivity index (χ4v) is 4.94. The van der Waals surface area contributed by atoms with Gasteiger partial charge in [-0.05, 0) is 37.6 Å². The zero-order valence-corrected chi connectivity index (χ0v) is 20.0. The van der Waals surface area contributed by atoms with Gasteiger partial charge in [-0.2, -0.15) is 5.10 Å². The van der Waals surface area contributed by atoms with E-state index in [4.69, 9.17) is 21.1 Å². The molecule has 1 aromatic carbocycles. The third-order valence-electron chi connectivity index (χ3n) is 6.72. The normalized spacial score (nSPS) is 16.5. The Kier molecular flexibility index (Phi) is 6.27. The summed E-state index contributed by atoms with van der Waals surface area (Å²) in [6.07, 6.45) is 3.71. The summed E-state index contributed by atoms with van der Waals surface area (Å²) in [4.78, 5) is 17.6. The van der Waals surface area contributed by atoms with E-state index < -0.39 is 0 Å². The Morgan fingerprint density at radius 1 is 1.18 bits per heavy atom. The van der Waals surface area contributed by atoms with Crippen LogP contribution in [0.5, 0.6) is 0 Å². The molecule has 2 aliphatic rings. The second-order valence-electron chi connectivity index (χ2n) is 9.05. The number of amides is 1. The number of fused-ring (bicyclic) bond motifs is 3. The number of hydrogen-bond donors (Lipinski definition) is 1. The number of carbonyl (C=O) groups is 1. The minimum atomic E-state index is -0.145. The Balaban J connectivity index is 1.29. The highest BCUT2D eigenvalue weighted by molar-refractivity contribution is 6.31. The van der Waals surface area contributed by atoms with Crippen LogP contribution in [0, 0.1) is 6.92 Å². The van der Waals surface area contributed by atoms with Crippen molar-refractivity contribution in [3.63, 3.8) is 0 Å². The largest absolute Gasteiger partial charge is 0.455 e. The molecule has 33 heavy (non-hydrogen) atoms. The molecule has 0 atom stereocenters. The monoisotopic (exact) mass is 467 g/mol. The van der Waals surface area contributed by atoms with Crippen LogP contribution in [0.4, 0.5) is 0 Å². The summed E-state index contributed by atoms with van der Waals surface area (Å²) in [6.45, 7) is 8.27. The summed E-state index contributed by atoms with van der Waals surface area (Å²) in [5, 5.41) is 8.63. The molecule has 0 spiro atoms. The van der Waals surface area contributed by atoms with Crippen LogP contribution < -0.4 is 5.32 Å². The first-order valence-electron chi connectivity index (χ1n) is 11.6. The maximum Gasteiger partial charge on any atom is 0.287 e. The maximum atomic E-state index is 12.9. The van der Waals surface area contributed by atoms with Crippen LogP contribution in [0.15, 0.2) is 34.9 Å². The number of halogens is 1. The molecule has 3 heterocycles. The lowest BCUT2D eigenvalue weighted by atomic mass is 9.93. The van der Waals surface area contributed by atoms with Crippen molar-refractivity contribution in [1.29, 1.82) is 0 Å². The van der Waals surface area contributed by atoms with E-state index in [9.17, 15) is 4.79 Å². The Morgan fingerprint density at radius 2 is 1.97 bits per heavy atom. The highest BCUT2D eigenvalue weighted by Crippen LogP contribution is 2.38. The maximum absolute atomic E-state index is 12.9. The molecule has 0 unspecified atom stereocenters. The fourth-order valence-electron chi connectivity index (χ4n) is 4.74. The molecule has 1 aliphatic carbocycles. The van der Waals surface area contributed by atoms with Crippen molar-refractivity contribution < 1.29 is 9.21 Å². The van der Waals surface area contributed by atoms with E-state index in [0.717, 1.165) is 78.7 Å². The summed E-state index contributed by atoms with van der Waals surface area (Å²) < 4.78 is 7.99. The number of nitrogens with zero attached hydrogens (tertiary/aromatic N) is 4. The number of likely N-dealkylation sites (N-methyl/N-ethyl adjacent to an activating group) is 1. The van der Waals surface area contributed by atoms with E-state index in [2.05, 4.69) is 28.4 Å². The van der Waals surface area contributed by atoms with Crippen LogP contribution in [0.2, 0.25) is 5.02 Å². The predicted molar refractivity (Wildman–Crippen MR) is 129 cm³/mol. The molecule has 1 fully saturated rings. The van der Waals surface area contributed by atoms with Crippen LogP contribution in [-0.2, 0) is 19.4 Å². The van der Waals surface area contributed by atoms with Crippen molar-refractivity contribution in [3.8, 4) is 11.3 Å². The van der Waals surface area contributed by atoms with Crippen LogP contribution in [0.25, 0.3) is 11.3 Å². The van der Waals surface area contributed by atoms with Gasteiger partial charge in [-0.1, -0.05) is 29.8 Å². The number of aryl methyl sites for hydroxylation is 2. The number of nitrogens with one attached hydrogen (secondary N) is 1. The van der Waals surface area contributed by atoms with E-state index in [1.807, 2.05) is 35.9 Å². The molecule has 0 radical (unpaired) electrons.